The zero-order chi connectivity index (χ0) is 18.8. The quantitative estimate of drug-likeness (QED) is 0.765. The van der Waals surface area contributed by atoms with Gasteiger partial charge in [-0.25, -0.2) is 9.97 Å². The number of carbonyl (C=O) groups excluding carboxylic acids is 1. The van der Waals surface area contributed by atoms with Gasteiger partial charge in [-0.05, 0) is 51.7 Å². The maximum Gasteiger partial charge on any atom is 0.255 e. The van der Waals surface area contributed by atoms with Gasteiger partial charge in [0, 0.05) is 24.0 Å². The SMILES string of the molecule is Cc1cc(C(=O)NC2CCC(n3cc(-c4ccncn4)cn3)CC2)c(C)o1. The first kappa shape index (κ1) is 17.5. The number of furan rings is 1. The first-order valence-corrected chi connectivity index (χ1v) is 9.28. The summed E-state index contributed by atoms with van der Waals surface area (Å²) in [6.07, 6.45) is 11.0. The van der Waals surface area contributed by atoms with Crippen LogP contribution in [0.3, 0.4) is 0 Å². The summed E-state index contributed by atoms with van der Waals surface area (Å²) in [5.74, 6) is 1.39. The summed E-state index contributed by atoms with van der Waals surface area (Å²) in [5, 5.41) is 7.67. The molecule has 3 heterocycles. The monoisotopic (exact) mass is 365 g/mol. The normalized spacial score (nSPS) is 19.8. The molecule has 1 fully saturated rings. The second-order valence-electron chi connectivity index (χ2n) is 7.11. The minimum Gasteiger partial charge on any atom is -0.466 e. The summed E-state index contributed by atoms with van der Waals surface area (Å²) in [6.45, 7) is 3.68. The summed E-state index contributed by atoms with van der Waals surface area (Å²) in [5.41, 5.74) is 2.51. The zero-order valence-electron chi connectivity index (χ0n) is 15.6. The van der Waals surface area contributed by atoms with Crippen LogP contribution in [0.1, 0.15) is 53.6 Å². The van der Waals surface area contributed by atoms with Crippen LogP contribution in [0.2, 0.25) is 0 Å². The van der Waals surface area contributed by atoms with Crippen molar-refractivity contribution in [1.82, 2.24) is 25.1 Å². The van der Waals surface area contributed by atoms with Crippen molar-refractivity contribution in [2.75, 3.05) is 0 Å². The lowest BCUT2D eigenvalue weighted by Gasteiger charge is -2.29. The van der Waals surface area contributed by atoms with E-state index in [4.69, 9.17) is 4.42 Å². The van der Waals surface area contributed by atoms with Gasteiger partial charge in [0.2, 0.25) is 0 Å². The van der Waals surface area contributed by atoms with Gasteiger partial charge in [-0.2, -0.15) is 5.10 Å². The molecule has 0 atom stereocenters. The molecular formula is C20H23N5O2. The lowest BCUT2D eigenvalue weighted by atomic mass is 9.91. The van der Waals surface area contributed by atoms with Gasteiger partial charge in [0.05, 0.1) is 23.5 Å². The molecule has 1 amide bonds. The van der Waals surface area contributed by atoms with E-state index in [9.17, 15) is 4.79 Å². The van der Waals surface area contributed by atoms with Gasteiger partial charge in [0.1, 0.15) is 17.8 Å². The Hall–Kier alpha value is -2.96. The Morgan fingerprint density at radius 1 is 1.26 bits per heavy atom. The molecule has 140 valence electrons. The highest BCUT2D eigenvalue weighted by atomic mass is 16.3. The van der Waals surface area contributed by atoms with Crippen LogP contribution >= 0.6 is 0 Å². The van der Waals surface area contributed by atoms with E-state index in [0.29, 0.717) is 17.4 Å². The van der Waals surface area contributed by atoms with Crippen molar-refractivity contribution < 1.29 is 9.21 Å². The molecule has 0 spiro atoms. The fourth-order valence-corrected chi connectivity index (χ4v) is 3.74. The van der Waals surface area contributed by atoms with Crippen LogP contribution in [-0.4, -0.2) is 31.7 Å². The van der Waals surface area contributed by atoms with Crippen LogP contribution in [0.25, 0.3) is 11.3 Å². The van der Waals surface area contributed by atoms with Crippen molar-refractivity contribution in [2.45, 2.75) is 51.6 Å². The van der Waals surface area contributed by atoms with E-state index in [0.717, 1.165) is 42.7 Å². The van der Waals surface area contributed by atoms with Crippen LogP contribution < -0.4 is 5.32 Å². The van der Waals surface area contributed by atoms with Gasteiger partial charge in [-0.15, -0.1) is 0 Å². The molecular weight excluding hydrogens is 342 g/mol. The lowest BCUT2D eigenvalue weighted by Crippen LogP contribution is -2.38. The van der Waals surface area contributed by atoms with Crippen LogP contribution in [0, 0.1) is 13.8 Å². The smallest absolute Gasteiger partial charge is 0.255 e. The number of hydrogen-bond acceptors (Lipinski definition) is 5. The first-order valence-electron chi connectivity index (χ1n) is 9.28. The van der Waals surface area contributed by atoms with Gasteiger partial charge in [-0.3, -0.25) is 9.48 Å². The largest absolute Gasteiger partial charge is 0.466 e. The molecule has 27 heavy (non-hydrogen) atoms. The Labute approximate surface area is 157 Å². The van der Waals surface area contributed by atoms with Gasteiger partial charge in [0.15, 0.2) is 0 Å². The number of amides is 1. The third-order valence-corrected chi connectivity index (χ3v) is 5.17. The Morgan fingerprint density at radius 2 is 2.07 bits per heavy atom. The van der Waals surface area contributed by atoms with Crippen LogP contribution in [0.4, 0.5) is 0 Å². The van der Waals surface area contributed by atoms with Crippen molar-refractivity contribution in [1.29, 1.82) is 0 Å². The lowest BCUT2D eigenvalue weighted by molar-refractivity contribution is 0.0920. The standard InChI is InChI=1S/C20H23N5O2/c1-13-9-18(14(2)27-13)20(26)24-16-3-5-17(6-4-16)25-11-15(10-23-25)19-7-8-21-12-22-19/h7-12,16-17H,3-6H2,1-2H3,(H,24,26). The Balaban J connectivity index is 1.35. The van der Waals surface area contributed by atoms with Gasteiger partial charge in [0.25, 0.3) is 5.91 Å². The minimum absolute atomic E-state index is 0.0436. The number of nitrogens with zero attached hydrogens (tertiary/aromatic N) is 4. The van der Waals surface area contributed by atoms with E-state index in [1.165, 1.54) is 0 Å². The third-order valence-electron chi connectivity index (χ3n) is 5.17. The van der Waals surface area contributed by atoms with Gasteiger partial charge >= 0.3 is 0 Å². The molecule has 3 aromatic rings. The fraction of sp³-hybridized carbons (Fsp3) is 0.400. The number of carbonyl (C=O) groups is 1. The number of aromatic nitrogens is 4. The minimum atomic E-state index is -0.0436. The van der Waals surface area contributed by atoms with Crippen molar-refractivity contribution >= 4 is 5.91 Å². The van der Waals surface area contributed by atoms with Crippen LogP contribution in [0.5, 0.6) is 0 Å². The van der Waals surface area contributed by atoms with E-state index >= 15 is 0 Å². The molecule has 1 N–H and O–H groups in total. The third kappa shape index (κ3) is 3.77. The average Bonchev–Trinajstić information content (AvgIpc) is 3.30. The van der Waals surface area contributed by atoms with Crippen molar-refractivity contribution in [3.8, 4) is 11.3 Å². The summed E-state index contributed by atoms with van der Waals surface area (Å²) in [6, 6.07) is 4.23. The molecule has 0 unspecified atom stereocenters. The molecule has 7 heteroatoms. The van der Waals surface area contributed by atoms with E-state index < -0.39 is 0 Å². The maximum absolute atomic E-state index is 12.5. The summed E-state index contributed by atoms with van der Waals surface area (Å²) in [4.78, 5) is 20.7. The van der Waals surface area contributed by atoms with E-state index in [-0.39, 0.29) is 11.9 Å². The highest BCUT2D eigenvalue weighted by Gasteiger charge is 2.25. The molecule has 0 saturated heterocycles. The number of hydrogen-bond donors (Lipinski definition) is 1. The maximum atomic E-state index is 12.5. The second-order valence-corrected chi connectivity index (χ2v) is 7.11. The Bertz CT molecular complexity index is 923. The predicted octanol–water partition coefficient (Wildman–Crippen LogP) is 3.46. The van der Waals surface area contributed by atoms with Crippen molar-refractivity contribution in [2.24, 2.45) is 0 Å². The van der Waals surface area contributed by atoms with Crippen molar-refractivity contribution in [3.05, 3.63) is 54.1 Å². The molecule has 7 nitrogen and oxygen atoms in total. The van der Waals surface area contributed by atoms with Gasteiger partial charge in [-0.1, -0.05) is 0 Å². The summed E-state index contributed by atoms with van der Waals surface area (Å²) >= 11 is 0. The Morgan fingerprint density at radius 3 is 2.74 bits per heavy atom. The second kappa shape index (κ2) is 7.34. The zero-order valence-corrected chi connectivity index (χ0v) is 15.6. The Kier molecular flexibility index (Phi) is 4.75. The molecule has 0 bridgehead atoms. The average molecular weight is 365 g/mol. The molecule has 0 aliphatic heterocycles. The fourth-order valence-electron chi connectivity index (χ4n) is 3.74. The first-order chi connectivity index (χ1) is 13.1. The predicted molar refractivity (Wildman–Crippen MR) is 100 cm³/mol. The molecule has 3 aromatic heterocycles. The molecule has 0 radical (unpaired) electrons. The molecule has 1 aliphatic rings. The molecule has 1 aliphatic carbocycles. The van der Waals surface area contributed by atoms with E-state index in [1.54, 1.807) is 18.6 Å². The molecule has 1 saturated carbocycles. The number of rotatable bonds is 4. The summed E-state index contributed by atoms with van der Waals surface area (Å²) in [7, 11) is 0. The number of nitrogens with one attached hydrogen (secondary N) is 1. The van der Waals surface area contributed by atoms with Gasteiger partial charge < -0.3 is 9.73 Å². The molecule has 4 rings (SSSR count). The van der Waals surface area contributed by atoms with Crippen LogP contribution in [-0.2, 0) is 0 Å². The van der Waals surface area contributed by atoms with Crippen molar-refractivity contribution in [3.63, 3.8) is 0 Å². The number of aryl methyl sites for hydroxylation is 2. The summed E-state index contributed by atoms with van der Waals surface area (Å²) < 4.78 is 7.48. The van der Waals surface area contributed by atoms with E-state index in [2.05, 4.69) is 20.4 Å². The topological polar surface area (TPSA) is 85.8 Å². The van der Waals surface area contributed by atoms with Crippen LogP contribution in [0.15, 0.2) is 41.5 Å². The molecule has 0 aromatic carbocycles. The highest BCUT2D eigenvalue weighted by molar-refractivity contribution is 5.95. The highest BCUT2D eigenvalue weighted by Crippen LogP contribution is 2.29. The van der Waals surface area contributed by atoms with E-state index in [1.807, 2.05) is 37.0 Å².